The van der Waals surface area contributed by atoms with E-state index in [1.54, 1.807) is 0 Å². The predicted molar refractivity (Wildman–Crippen MR) is 88.4 cm³/mol. The van der Waals surface area contributed by atoms with Gasteiger partial charge in [0.25, 0.3) is 0 Å². The van der Waals surface area contributed by atoms with Crippen molar-refractivity contribution in [1.82, 2.24) is 4.90 Å². The van der Waals surface area contributed by atoms with Gasteiger partial charge in [-0.05, 0) is 37.5 Å². The van der Waals surface area contributed by atoms with Crippen LogP contribution >= 0.6 is 0 Å². The van der Waals surface area contributed by atoms with Gasteiger partial charge < -0.3 is 15.5 Å². The molecule has 0 bridgehead atoms. The highest BCUT2D eigenvalue weighted by molar-refractivity contribution is 5.81. The minimum absolute atomic E-state index is 0.243. The SMILES string of the molecule is CCCN(CC(=O)N1CCCCCC1)c1cccc(N)c1. The summed E-state index contributed by atoms with van der Waals surface area (Å²) in [4.78, 5) is 16.7. The molecule has 0 radical (unpaired) electrons. The fourth-order valence-electron chi connectivity index (χ4n) is 2.87. The van der Waals surface area contributed by atoms with Crippen molar-refractivity contribution in [3.05, 3.63) is 24.3 Å². The molecular weight excluding hydrogens is 262 g/mol. The molecule has 0 spiro atoms. The third-order valence-electron chi connectivity index (χ3n) is 4.01. The Kier molecular flexibility index (Phi) is 5.90. The van der Waals surface area contributed by atoms with E-state index in [1.165, 1.54) is 12.8 Å². The van der Waals surface area contributed by atoms with Gasteiger partial charge in [-0.3, -0.25) is 4.79 Å². The second-order valence-electron chi connectivity index (χ2n) is 5.81. The second kappa shape index (κ2) is 7.91. The number of carbonyl (C=O) groups excluding carboxylic acids is 1. The summed E-state index contributed by atoms with van der Waals surface area (Å²) in [5.74, 6) is 0.243. The number of carbonyl (C=O) groups is 1. The molecule has 4 nitrogen and oxygen atoms in total. The number of rotatable bonds is 5. The van der Waals surface area contributed by atoms with Crippen molar-refractivity contribution in [2.75, 3.05) is 36.8 Å². The predicted octanol–water partition coefficient (Wildman–Crippen LogP) is 2.89. The molecule has 0 atom stereocenters. The second-order valence-corrected chi connectivity index (χ2v) is 5.81. The number of hydrogen-bond donors (Lipinski definition) is 1. The molecule has 2 N–H and O–H groups in total. The van der Waals surface area contributed by atoms with Crippen molar-refractivity contribution < 1.29 is 4.79 Å². The molecule has 0 aromatic heterocycles. The highest BCUT2D eigenvalue weighted by Crippen LogP contribution is 2.18. The Balaban J connectivity index is 2.03. The van der Waals surface area contributed by atoms with Gasteiger partial charge in [0.15, 0.2) is 0 Å². The molecule has 1 fully saturated rings. The van der Waals surface area contributed by atoms with Crippen LogP contribution < -0.4 is 10.6 Å². The number of amides is 1. The quantitative estimate of drug-likeness (QED) is 0.848. The first-order chi connectivity index (χ1) is 10.2. The largest absolute Gasteiger partial charge is 0.399 e. The van der Waals surface area contributed by atoms with Crippen molar-refractivity contribution in [3.63, 3.8) is 0 Å². The fourth-order valence-corrected chi connectivity index (χ4v) is 2.87. The summed E-state index contributed by atoms with van der Waals surface area (Å²) >= 11 is 0. The van der Waals surface area contributed by atoms with Crippen LogP contribution in [0, 0.1) is 0 Å². The van der Waals surface area contributed by atoms with E-state index in [1.807, 2.05) is 29.2 Å². The lowest BCUT2D eigenvalue weighted by molar-refractivity contribution is -0.129. The maximum Gasteiger partial charge on any atom is 0.242 e. The van der Waals surface area contributed by atoms with Crippen LogP contribution in [-0.4, -0.2) is 37.0 Å². The van der Waals surface area contributed by atoms with E-state index in [2.05, 4.69) is 11.8 Å². The molecule has 1 aromatic rings. The lowest BCUT2D eigenvalue weighted by atomic mass is 10.2. The van der Waals surface area contributed by atoms with Crippen LogP contribution in [0.1, 0.15) is 39.0 Å². The summed E-state index contributed by atoms with van der Waals surface area (Å²) in [6, 6.07) is 7.81. The van der Waals surface area contributed by atoms with Gasteiger partial charge in [0, 0.05) is 31.0 Å². The first-order valence-electron chi connectivity index (χ1n) is 8.09. The van der Waals surface area contributed by atoms with E-state index in [9.17, 15) is 4.79 Å². The maximum atomic E-state index is 12.5. The molecule has 1 aromatic carbocycles. The van der Waals surface area contributed by atoms with Crippen molar-refractivity contribution in [2.45, 2.75) is 39.0 Å². The van der Waals surface area contributed by atoms with Crippen molar-refractivity contribution >= 4 is 17.3 Å². The van der Waals surface area contributed by atoms with Gasteiger partial charge in [0.1, 0.15) is 0 Å². The maximum absolute atomic E-state index is 12.5. The molecule has 116 valence electrons. The summed E-state index contributed by atoms with van der Waals surface area (Å²) in [5, 5.41) is 0. The van der Waals surface area contributed by atoms with Crippen LogP contribution in [0.4, 0.5) is 11.4 Å². The average Bonchev–Trinajstić information content (AvgIpc) is 2.76. The van der Waals surface area contributed by atoms with Crippen LogP contribution in [0.15, 0.2) is 24.3 Å². The van der Waals surface area contributed by atoms with Gasteiger partial charge in [0.2, 0.25) is 5.91 Å². The Morgan fingerprint density at radius 1 is 1.24 bits per heavy atom. The number of likely N-dealkylation sites (tertiary alicyclic amines) is 1. The lowest BCUT2D eigenvalue weighted by Crippen LogP contribution is -2.41. The summed E-state index contributed by atoms with van der Waals surface area (Å²) in [6.45, 7) is 5.29. The molecule has 21 heavy (non-hydrogen) atoms. The summed E-state index contributed by atoms with van der Waals surface area (Å²) in [5.41, 5.74) is 7.65. The van der Waals surface area contributed by atoms with E-state index in [0.29, 0.717) is 6.54 Å². The summed E-state index contributed by atoms with van der Waals surface area (Å²) in [7, 11) is 0. The van der Waals surface area contributed by atoms with Crippen molar-refractivity contribution in [1.29, 1.82) is 0 Å². The molecule has 1 saturated heterocycles. The molecular formula is C17H27N3O. The number of anilines is 2. The van der Waals surface area contributed by atoms with E-state index in [-0.39, 0.29) is 5.91 Å². The molecule has 4 heteroatoms. The molecule has 0 saturated carbocycles. The third-order valence-corrected chi connectivity index (χ3v) is 4.01. The zero-order valence-electron chi connectivity index (χ0n) is 13.1. The van der Waals surface area contributed by atoms with Gasteiger partial charge >= 0.3 is 0 Å². The lowest BCUT2D eigenvalue weighted by Gasteiger charge is -2.28. The van der Waals surface area contributed by atoms with Crippen molar-refractivity contribution in [3.8, 4) is 0 Å². The average molecular weight is 289 g/mol. The smallest absolute Gasteiger partial charge is 0.242 e. The molecule has 1 aliphatic heterocycles. The molecule has 1 amide bonds. The van der Waals surface area contributed by atoms with Crippen LogP contribution in [0.3, 0.4) is 0 Å². The molecule has 2 rings (SSSR count). The highest BCUT2D eigenvalue weighted by atomic mass is 16.2. The Hall–Kier alpha value is -1.71. The zero-order chi connectivity index (χ0) is 15.1. The fraction of sp³-hybridized carbons (Fsp3) is 0.588. The summed E-state index contributed by atoms with van der Waals surface area (Å²) in [6.07, 6.45) is 5.78. The Morgan fingerprint density at radius 2 is 1.95 bits per heavy atom. The van der Waals surface area contributed by atoms with Crippen LogP contribution in [0.25, 0.3) is 0 Å². The Morgan fingerprint density at radius 3 is 2.57 bits per heavy atom. The van der Waals surface area contributed by atoms with E-state index in [4.69, 9.17) is 5.73 Å². The van der Waals surface area contributed by atoms with E-state index in [0.717, 1.165) is 50.3 Å². The topological polar surface area (TPSA) is 49.6 Å². The minimum atomic E-state index is 0.243. The molecule has 0 unspecified atom stereocenters. The normalized spacial score (nSPS) is 15.6. The van der Waals surface area contributed by atoms with Gasteiger partial charge in [-0.15, -0.1) is 0 Å². The van der Waals surface area contributed by atoms with Crippen molar-refractivity contribution in [2.24, 2.45) is 0 Å². The number of nitrogens with two attached hydrogens (primary N) is 1. The van der Waals surface area contributed by atoms with Gasteiger partial charge in [-0.25, -0.2) is 0 Å². The number of nitrogen functional groups attached to an aromatic ring is 1. The Labute approximate surface area is 127 Å². The molecule has 0 aliphatic carbocycles. The number of benzene rings is 1. The van der Waals surface area contributed by atoms with E-state index >= 15 is 0 Å². The molecule has 1 heterocycles. The standard InChI is InChI=1S/C17H27N3O/c1-2-10-20(16-9-7-8-15(18)13-16)14-17(21)19-11-5-3-4-6-12-19/h7-9,13H,2-6,10-12,14,18H2,1H3. The van der Waals surface area contributed by atoms with Crippen LogP contribution in [-0.2, 0) is 4.79 Å². The summed E-state index contributed by atoms with van der Waals surface area (Å²) < 4.78 is 0. The van der Waals surface area contributed by atoms with Gasteiger partial charge in [-0.1, -0.05) is 25.8 Å². The van der Waals surface area contributed by atoms with E-state index < -0.39 is 0 Å². The molecule has 1 aliphatic rings. The highest BCUT2D eigenvalue weighted by Gasteiger charge is 2.18. The first-order valence-corrected chi connectivity index (χ1v) is 8.09. The van der Waals surface area contributed by atoms with Gasteiger partial charge in [-0.2, -0.15) is 0 Å². The first kappa shape index (κ1) is 15.7. The minimum Gasteiger partial charge on any atom is -0.399 e. The third kappa shape index (κ3) is 4.66. The van der Waals surface area contributed by atoms with Gasteiger partial charge in [0.05, 0.1) is 6.54 Å². The zero-order valence-corrected chi connectivity index (χ0v) is 13.1. The number of nitrogens with zero attached hydrogens (tertiary/aromatic N) is 2. The monoisotopic (exact) mass is 289 g/mol. The van der Waals surface area contributed by atoms with Crippen LogP contribution in [0.5, 0.6) is 0 Å². The number of hydrogen-bond acceptors (Lipinski definition) is 3. The van der Waals surface area contributed by atoms with Crippen LogP contribution in [0.2, 0.25) is 0 Å². The Bertz CT molecular complexity index is 453.